The van der Waals surface area contributed by atoms with E-state index in [1.807, 2.05) is 24.4 Å². The van der Waals surface area contributed by atoms with Gasteiger partial charge < -0.3 is 9.88 Å². The van der Waals surface area contributed by atoms with Gasteiger partial charge in [-0.05, 0) is 49.9 Å². The van der Waals surface area contributed by atoms with Gasteiger partial charge in [0.25, 0.3) is 0 Å². The van der Waals surface area contributed by atoms with Gasteiger partial charge in [0.2, 0.25) is 10.0 Å². The first kappa shape index (κ1) is 18.7. The number of nitrogens with one attached hydrogen (secondary N) is 2. The minimum absolute atomic E-state index is 0. The van der Waals surface area contributed by atoms with Crippen LogP contribution < -0.4 is 4.72 Å². The maximum absolute atomic E-state index is 11.5. The van der Waals surface area contributed by atoms with Crippen LogP contribution in [0.4, 0.5) is 0 Å². The zero-order chi connectivity index (χ0) is 16.4. The van der Waals surface area contributed by atoms with Crippen molar-refractivity contribution < 1.29 is 8.42 Å². The van der Waals surface area contributed by atoms with Crippen LogP contribution in [0.25, 0.3) is 22.6 Å². The average molecular weight is 368 g/mol. The third-order valence-corrected chi connectivity index (χ3v) is 5.25. The van der Waals surface area contributed by atoms with Crippen molar-refractivity contribution in [3.8, 4) is 0 Å². The maximum atomic E-state index is 11.5. The highest BCUT2D eigenvalue weighted by Gasteiger charge is 2.13. The third kappa shape index (κ3) is 4.08. The number of hydrogen-bond acceptors (Lipinski definition) is 3. The molecule has 5 nitrogen and oxygen atoms in total. The Labute approximate surface area is 148 Å². The predicted molar refractivity (Wildman–Crippen MR) is 103 cm³/mol. The van der Waals surface area contributed by atoms with E-state index >= 15 is 0 Å². The van der Waals surface area contributed by atoms with Gasteiger partial charge in [0, 0.05) is 41.2 Å². The van der Waals surface area contributed by atoms with E-state index in [-0.39, 0.29) is 12.4 Å². The number of aromatic amines is 1. The molecule has 0 aliphatic carbocycles. The number of aromatic nitrogens is 1. The van der Waals surface area contributed by atoms with E-state index in [2.05, 4.69) is 27.7 Å². The van der Waals surface area contributed by atoms with Gasteiger partial charge >= 0.3 is 0 Å². The van der Waals surface area contributed by atoms with Gasteiger partial charge in [-0.15, -0.1) is 12.4 Å². The van der Waals surface area contributed by atoms with Crippen molar-refractivity contribution in [2.24, 2.45) is 0 Å². The van der Waals surface area contributed by atoms with Crippen LogP contribution in [-0.4, -0.2) is 45.5 Å². The molecule has 0 saturated heterocycles. The molecule has 0 fully saturated rings. The summed E-state index contributed by atoms with van der Waals surface area (Å²) in [5, 5.41) is 2.32. The molecule has 0 bridgehead atoms. The van der Waals surface area contributed by atoms with E-state index in [1.165, 1.54) is 23.6 Å². The fourth-order valence-electron chi connectivity index (χ4n) is 2.76. The molecular formula is C17H22ClN3O2S. The number of hydrogen-bond donors (Lipinski definition) is 2. The van der Waals surface area contributed by atoms with E-state index in [4.69, 9.17) is 0 Å². The Morgan fingerprint density at radius 2 is 2.12 bits per heavy atom. The quantitative estimate of drug-likeness (QED) is 0.873. The molecule has 1 aromatic carbocycles. The SMILES string of the molecule is CNS(=O)(=O)C=Cc1ccc2[nH]cc(C3=CCN(C)CC3)c2c1.Cl. The molecule has 0 atom stereocenters. The molecule has 3 rings (SSSR count). The molecule has 1 aliphatic rings. The predicted octanol–water partition coefficient (Wildman–Crippen LogP) is 2.83. The lowest BCUT2D eigenvalue weighted by atomic mass is 9.98. The average Bonchev–Trinajstić information content (AvgIpc) is 2.97. The van der Waals surface area contributed by atoms with Crippen molar-refractivity contribution in [3.05, 3.63) is 47.0 Å². The number of benzene rings is 1. The minimum atomic E-state index is -3.35. The van der Waals surface area contributed by atoms with Gasteiger partial charge in [-0.2, -0.15) is 0 Å². The smallest absolute Gasteiger partial charge is 0.233 e. The second-order valence-electron chi connectivity index (χ2n) is 5.80. The van der Waals surface area contributed by atoms with Crippen molar-refractivity contribution in [3.63, 3.8) is 0 Å². The van der Waals surface area contributed by atoms with E-state index in [0.29, 0.717) is 0 Å². The van der Waals surface area contributed by atoms with Crippen LogP contribution in [0.2, 0.25) is 0 Å². The molecule has 7 heteroatoms. The number of sulfonamides is 1. The molecule has 0 spiro atoms. The van der Waals surface area contributed by atoms with Crippen LogP contribution in [0.5, 0.6) is 0 Å². The highest BCUT2D eigenvalue weighted by molar-refractivity contribution is 7.92. The number of halogens is 1. The monoisotopic (exact) mass is 367 g/mol. The summed E-state index contributed by atoms with van der Waals surface area (Å²) in [6.07, 6.45) is 6.95. The van der Waals surface area contributed by atoms with Gasteiger partial charge in [0.15, 0.2) is 0 Å². The van der Waals surface area contributed by atoms with Crippen molar-refractivity contribution in [2.75, 3.05) is 27.2 Å². The Bertz CT molecular complexity index is 884. The minimum Gasteiger partial charge on any atom is -0.361 e. The number of rotatable bonds is 4. The molecule has 2 heterocycles. The Hall–Kier alpha value is -1.60. The van der Waals surface area contributed by atoms with Gasteiger partial charge in [0.05, 0.1) is 0 Å². The van der Waals surface area contributed by atoms with Crippen molar-refractivity contribution in [2.45, 2.75) is 6.42 Å². The topological polar surface area (TPSA) is 65.2 Å². The van der Waals surface area contributed by atoms with E-state index in [1.54, 1.807) is 6.08 Å². The van der Waals surface area contributed by atoms with Crippen LogP contribution in [0.3, 0.4) is 0 Å². The fourth-order valence-corrected chi connectivity index (χ4v) is 3.23. The summed E-state index contributed by atoms with van der Waals surface area (Å²) in [4.78, 5) is 5.59. The van der Waals surface area contributed by atoms with Crippen LogP contribution >= 0.6 is 12.4 Å². The Morgan fingerprint density at radius 1 is 1.33 bits per heavy atom. The van der Waals surface area contributed by atoms with Crippen LogP contribution in [0.1, 0.15) is 17.5 Å². The standard InChI is InChI=1S/C17H21N3O2S.ClH/c1-18-23(21,22)10-7-13-3-4-17-15(11-13)16(12-19-17)14-5-8-20(2)9-6-14;/h3-5,7,10-12,18-19H,6,8-9H2,1-2H3;1H. The molecule has 130 valence electrons. The van der Waals surface area contributed by atoms with Gasteiger partial charge in [-0.1, -0.05) is 12.1 Å². The molecule has 0 saturated carbocycles. The highest BCUT2D eigenvalue weighted by Crippen LogP contribution is 2.29. The van der Waals surface area contributed by atoms with E-state index < -0.39 is 10.0 Å². The summed E-state index contributed by atoms with van der Waals surface area (Å²) in [6.45, 7) is 2.01. The van der Waals surface area contributed by atoms with Crippen LogP contribution in [0, 0.1) is 0 Å². The zero-order valence-corrected chi connectivity index (χ0v) is 15.4. The summed E-state index contributed by atoms with van der Waals surface area (Å²) < 4.78 is 25.3. The Kier molecular flexibility index (Phi) is 5.87. The van der Waals surface area contributed by atoms with Gasteiger partial charge in [-0.3, -0.25) is 0 Å². The van der Waals surface area contributed by atoms with Crippen LogP contribution in [-0.2, 0) is 10.0 Å². The maximum Gasteiger partial charge on any atom is 0.233 e. The first-order valence-corrected chi connectivity index (χ1v) is 9.14. The normalized spacial score (nSPS) is 16.3. The fraction of sp³-hybridized carbons (Fsp3) is 0.294. The highest BCUT2D eigenvalue weighted by atomic mass is 35.5. The number of fused-ring (bicyclic) bond motifs is 1. The number of H-pyrrole nitrogens is 1. The first-order valence-electron chi connectivity index (χ1n) is 7.59. The molecule has 24 heavy (non-hydrogen) atoms. The van der Waals surface area contributed by atoms with E-state index in [0.717, 1.165) is 36.0 Å². The van der Waals surface area contributed by atoms with Gasteiger partial charge in [0.1, 0.15) is 0 Å². The molecule has 2 aromatic rings. The van der Waals surface area contributed by atoms with Crippen molar-refractivity contribution in [1.82, 2.24) is 14.6 Å². The lowest BCUT2D eigenvalue weighted by Crippen LogP contribution is -2.23. The summed E-state index contributed by atoms with van der Waals surface area (Å²) in [6, 6.07) is 5.93. The van der Waals surface area contributed by atoms with Crippen molar-refractivity contribution in [1.29, 1.82) is 0 Å². The van der Waals surface area contributed by atoms with Crippen molar-refractivity contribution >= 4 is 45.0 Å². The lowest BCUT2D eigenvalue weighted by Gasteiger charge is -2.21. The van der Waals surface area contributed by atoms with Gasteiger partial charge in [-0.25, -0.2) is 13.1 Å². The zero-order valence-electron chi connectivity index (χ0n) is 13.7. The summed E-state index contributed by atoms with van der Waals surface area (Å²) in [7, 11) is 0.172. The first-order chi connectivity index (χ1) is 11.0. The Morgan fingerprint density at radius 3 is 2.79 bits per heavy atom. The molecule has 1 aliphatic heterocycles. The third-order valence-electron chi connectivity index (χ3n) is 4.19. The second kappa shape index (κ2) is 7.53. The molecule has 0 amide bonds. The summed E-state index contributed by atoms with van der Waals surface area (Å²) >= 11 is 0. The molecule has 1 aromatic heterocycles. The largest absolute Gasteiger partial charge is 0.361 e. The number of nitrogens with zero attached hydrogens (tertiary/aromatic N) is 1. The Balaban J connectivity index is 0.00000208. The lowest BCUT2D eigenvalue weighted by molar-refractivity contribution is 0.370. The van der Waals surface area contributed by atoms with E-state index in [9.17, 15) is 8.42 Å². The summed E-state index contributed by atoms with van der Waals surface area (Å²) in [5.74, 6) is 0. The molecule has 0 radical (unpaired) electrons. The number of likely N-dealkylation sites (N-methyl/N-ethyl adjacent to an activating group) is 1. The van der Waals surface area contributed by atoms with Crippen LogP contribution in [0.15, 0.2) is 35.9 Å². The molecular weight excluding hydrogens is 346 g/mol. The molecule has 0 unspecified atom stereocenters. The molecule has 2 N–H and O–H groups in total. The summed E-state index contributed by atoms with van der Waals surface area (Å²) in [5.41, 5.74) is 4.48. The second-order valence-corrected chi connectivity index (χ2v) is 7.57.